The average Bonchev–Trinajstić information content (AvgIpc) is 3.33. The molecule has 1 aliphatic rings. The topological polar surface area (TPSA) is 17.1 Å². The second-order valence-electron chi connectivity index (χ2n) is 9.12. The van der Waals surface area contributed by atoms with Gasteiger partial charge in [-0.3, -0.25) is 4.79 Å². The monoisotopic (exact) mass is 332 g/mol. The summed E-state index contributed by atoms with van der Waals surface area (Å²) < 4.78 is 0. The smallest absolute Gasteiger partial charge is 0.174 e. The lowest BCUT2D eigenvalue weighted by molar-refractivity contribution is 0.0979. The fraction of sp³-hybridized carbons (Fsp3) is 0.375. The second-order valence-corrected chi connectivity index (χ2v) is 9.12. The predicted molar refractivity (Wildman–Crippen MR) is 106 cm³/mol. The van der Waals surface area contributed by atoms with Crippen LogP contribution in [0.25, 0.3) is 5.57 Å². The summed E-state index contributed by atoms with van der Waals surface area (Å²) >= 11 is 0. The first-order chi connectivity index (χ1) is 11.6. The van der Waals surface area contributed by atoms with E-state index in [9.17, 15) is 4.79 Å². The highest BCUT2D eigenvalue weighted by Gasteiger charge is 2.33. The molecule has 2 aromatic rings. The molecule has 3 rings (SSSR count). The number of hydrogen-bond donors (Lipinski definition) is 0. The van der Waals surface area contributed by atoms with E-state index in [0.29, 0.717) is 0 Å². The lowest BCUT2D eigenvalue weighted by Crippen LogP contribution is -2.12. The number of carbonyl (C=O) groups is 1. The Morgan fingerprint density at radius 1 is 0.720 bits per heavy atom. The van der Waals surface area contributed by atoms with E-state index in [-0.39, 0.29) is 22.5 Å². The minimum atomic E-state index is -0.0547. The Morgan fingerprint density at radius 3 is 1.60 bits per heavy atom. The SMILES string of the molecule is CC(C)(C)c1ccc(C(=O)C2C=C2c2ccc(C(C)(C)C)cc2)cc1. The number of rotatable bonds is 3. The third-order valence-corrected chi connectivity index (χ3v) is 4.97. The van der Waals surface area contributed by atoms with Crippen LogP contribution in [0, 0.1) is 5.92 Å². The van der Waals surface area contributed by atoms with Gasteiger partial charge in [-0.25, -0.2) is 0 Å². The summed E-state index contributed by atoms with van der Waals surface area (Å²) in [5, 5.41) is 0. The normalized spacial score (nSPS) is 17.2. The van der Waals surface area contributed by atoms with Crippen molar-refractivity contribution in [2.45, 2.75) is 52.4 Å². The van der Waals surface area contributed by atoms with Crippen molar-refractivity contribution in [3.05, 3.63) is 76.9 Å². The van der Waals surface area contributed by atoms with E-state index < -0.39 is 0 Å². The first kappa shape index (κ1) is 17.7. The summed E-state index contributed by atoms with van der Waals surface area (Å²) in [7, 11) is 0. The maximum Gasteiger partial charge on any atom is 0.174 e. The molecule has 0 bridgehead atoms. The van der Waals surface area contributed by atoms with Gasteiger partial charge in [-0.2, -0.15) is 0 Å². The van der Waals surface area contributed by atoms with Crippen LogP contribution in [0.3, 0.4) is 0 Å². The Morgan fingerprint density at radius 2 is 1.16 bits per heavy atom. The van der Waals surface area contributed by atoms with Gasteiger partial charge in [-0.05, 0) is 33.1 Å². The molecule has 0 fully saturated rings. The average molecular weight is 332 g/mol. The molecule has 0 N–H and O–H groups in total. The van der Waals surface area contributed by atoms with Gasteiger partial charge in [-0.15, -0.1) is 0 Å². The van der Waals surface area contributed by atoms with Gasteiger partial charge in [0.25, 0.3) is 0 Å². The van der Waals surface area contributed by atoms with Crippen LogP contribution in [0.1, 0.15) is 68.6 Å². The molecule has 0 spiro atoms. The molecule has 0 heterocycles. The molecule has 0 radical (unpaired) electrons. The van der Waals surface area contributed by atoms with Gasteiger partial charge in [0.15, 0.2) is 5.78 Å². The summed E-state index contributed by atoms with van der Waals surface area (Å²) in [5.74, 6) is 0.149. The van der Waals surface area contributed by atoms with E-state index in [4.69, 9.17) is 0 Å². The zero-order chi connectivity index (χ0) is 18.4. The van der Waals surface area contributed by atoms with E-state index in [0.717, 1.165) is 16.7 Å². The third kappa shape index (κ3) is 3.76. The lowest BCUT2D eigenvalue weighted by Gasteiger charge is -2.19. The molecule has 0 amide bonds. The summed E-state index contributed by atoms with van der Waals surface area (Å²) in [6.07, 6.45) is 2.08. The van der Waals surface area contributed by atoms with Crippen LogP contribution in [-0.2, 0) is 10.8 Å². The van der Waals surface area contributed by atoms with Gasteiger partial charge in [0, 0.05) is 5.56 Å². The van der Waals surface area contributed by atoms with Gasteiger partial charge in [0.1, 0.15) is 0 Å². The van der Waals surface area contributed by atoms with Gasteiger partial charge < -0.3 is 0 Å². The van der Waals surface area contributed by atoms with E-state index in [2.05, 4.69) is 84.0 Å². The first-order valence-electron chi connectivity index (χ1n) is 9.05. The minimum Gasteiger partial charge on any atom is -0.293 e. The number of benzene rings is 2. The zero-order valence-electron chi connectivity index (χ0n) is 16.2. The highest BCUT2D eigenvalue weighted by atomic mass is 16.1. The van der Waals surface area contributed by atoms with Crippen molar-refractivity contribution in [2.75, 3.05) is 0 Å². The molecule has 130 valence electrons. The van der Waals surface area contributed by atoms with Gasteiger partial charge in [-0.1, -0.05) is 96.1 Å². The first-order valence-corrected chi connectivity index (χ1v) is 9.05. The lowest BCUT2D eigenvalue weighted by atomic mass is 9.86. The van der Waals surface area contributed by atoms with Crippen LogP contribution >= 0.6 is 0 Å². The molecule has 1 unspecified atom stereocenters. The van der Waals surface area contributed by atoms with Crippen molar-refractivity contribution in [3.8, 4) is 0 Å². The van der Waals surface area contributed by atoms with E-state index in [1.807, 2.05) is 12.1 Å². The molecule has 25 heavy (non-hydrogen) atoms. The molecule has 0 saturated heterocycles. The Hall–Kier alpha value is -2.15. The third-order valence-electron chi connectivity index (χ3n) is 4.97. The Bertz CT molecular complexity index is 806. The van der Waals surface area contributed by atoms with Crippen LogP contribution < -0.4 is 0 Å². The second kappa shape index (κ2) is 5.98. The summed E-state index contributed by atoms with van der Waals surface area (Å²) in [4.78, 5) is 12.7. The molecule has 0 aliphatic heterocycles. The number of carbonyl (C=O) groups excluding carboxylic acids is 1. The molecule has 1 atom stereocenters. The number of Topliss-reactive ketones (excluding diaryl/α,β-unsaturated/α-hetero) is 1. The molecular formula is C24H28O. The van der Waals surface area contributed by atoms with Crippen molar-refractivity contribution in [2.24, 2.45) is 5.92 Å². The molecule has 0 saturated carbocycles. The molecule has 2 aromatic carbocycles. The van der Waals surface area contributed by atoms with Crippen molar-refractivity contribution in [3.63, 3.8) is 0 Å². The highest BCUT2D eigenvalue weighted by molar-refractivity contribution is 6.12. The van der Waals surface area contributed by atoms with Gasteiger partial charge in [0.05, 0.1) is 5.92 Å². The highest BCUT2D eigenvalue weighted by Crippen LogP contribution is 2.41. The number of ketones is 1. The molecule has 1 aliphatic carbocycles. The molecule has 1 nitrogen and oxygen atoms in total. The van der Waals surface area contributed by atoms with E-state index in [1.165, 1.54) is 11.1 Å². The van der Waals surface area contributed by atoms with Crippen LogP contribution in [-0.4, -0.2) is 5.78 Å². The maximum atomic E-state index is 12.7. The number of hydrogen-bond acceptors (Lipinski definition) is 1. The minimum absolute atomic E-state index is 0.0547. The largest absolute Gasteiger partial charge is 0.293 e. The van der Waals surface area contributed by atoms with Crippen LogP contribution in [0.15, 0.2) is 54.6 Å². The molecular weight excluding hydrogens is 304 g/mol. The molecule has 1 heteroatoms. The quantitative estimate of drug-likeness (QED) is 0.614. The Balaban J connectivity index is 1.70. The van der Waals surface area contributed by atoms with Crippen molar-refractivity contribution < 1.29 is 4.79 Å². The predicted octanol–water partition coefficient (Wildman–Crippen LogP) is 6.18. The summed E-state index contributed by atoms with van der Waals surface area (Å²) in [5.41, 5.74) is 5.96. The number of allylic oxidation sites excluding steroid dienone is 2. The van der Waals surface area contributed by atoms with Gasteiger partial charge >= 0.3 is 0 Å². The van der Waals surface area contributed by atoms with E-state index in [1.54, 1.807) is 0 Å². The maximum absolute atomic E-state index is 12.7. The van der Waals surface area contributed by atoms with Crippen LogP contribution in [0.2, 0.25) is 0 Å². The van der Waals surface area contributed by atoms with Crippen LogP contribution in [0.4, 0.5) is 0 Å². The Kier molecular flexibility index (Phi) is 4.23. The van der Waals surface area contributed by atoms with Crippen molar-refractivity contribution in [1.29, 1.82) is 0 Å². The van der Waals surface area contributed by atoms with E-state index >= 15 is 0 Å². The fourth-order valence-electron chi connectivity index (χ4n) is 3.10. The molecule has 0 aromatic heterocycles. The van der Waals surface area contributed by atoms with Gasteiger partial charge in [0.2, 0.25) is 0 Å². The summed E-state index contributed by atoms with van der Waals surface area (Å²) in [6.45, 7) is 13.2. The summed E-state index contributed by atoms with van der Waals surface area (Å²) in [6, 6.07) is 16.7. The standard InChI is InChI=1S/C24H28O/c1-23(2,3)18-11-7-16(8-12-18)20-15-21(20)22(25)17-9-13-19(14-10-17)24(4,5)6/h7-15,21H,1-6H3. The van der Waals surface area contributed by atoms with Crippen LogP contribution in [0.5, 0.6) is 0 Å². The van der Waals surface area contributed by atoms with Crippen molar-refractivity contribution >= 4 is 11.4 Å². The zero-order valence-corrected chi connectivity index (χ0v) is 16.2. The fourth-order valence-corrected chi connectivity index (χ4v) is 3.10. The van der Waals surface area contributed by atoms with Crippen molar-refractivity contribution in [1.82, 2.24) is 0 Å². The Labute approximate surface area is 151 Å².